The Kier molecular flexibility index (Phi) is 2.54. The summed E-state index contributed by atoms with van der Waals surface area (Å²) >= 11 is 1.52. The Hall–Kier alpha value is -1.29. The van der Waals surface area contributed by atoms with Gasteiger partial charge in [0.2, 0.25) is 0 Å². The Bertz CT molecular complexity index is 464. The van der Waals surface area contributed by atoms with Crippen LogP contribution in [0.5, 0.6) is 0 Å². The fourth-order valence-electron chi connectivity index (χ4n) is 1.24. The van der Waals surface area contributed by atoms with Crippen molar-refractivity contribution in [3.8, 4) is 0 Å². The van der Waals surface area contributed by atoms with Crippen LogP contribution in [0.3, 0.4) is 0 Å². The highest BCUT2D eigenvalue weighted by atomic mass is 32.2. The van der Waals surface area contributed by atoms with Gasteiger partial charge in [-0.2, -0.15) is 11.8 Å². The summed E-state index contributed by atoms with van der Waals surface area (Å²) in [6.07, 6.45) is 3.29. The van der Waals surface area contributed by atoms with E-state index in [1.165, 1.54) is 18.2 Å². The van der Waals surface area contributed by atoms with E-state index in [-0.39, 0.29) is 5.78 Å². The molecule has 1 aromatic heterocycles. The van der Waals surface area contributed by atoms with Crippen LogP contribution in [-0.4, -0.2) is 22.8 Å². The third-order valence-corrected chi connectivity index (χ3v) is 2.48. The number of carbonyl (C=O) groups excluding carboxylic acids is 1. The highest BCUT2D eigenvalue weighted by Crippen LogP contribution is 2.15. The second kappa shape index (κ2) is 3.84. The smallest absolute Gasteiger partial charge is 0.181 e. The van der Waals surface area contributed by atoms with Gasteiger partial charge < -0.3 is 4.42 Å². The Balaban J connectivity index is 2.38. The van der Waals surface area contributed by atoms with Crippen molar-refractivity contribution in [1.82, 2.24) is 4.98 Å². The lowest BCUT2D eigenvalue weighted by atomic mass is 10.1. The highest BCUT2D eigenvalue weighted by Gasteiger charge is 2.07. The van der Waals surface area contributed by atoms with Crippen molar-refractivity contribution < 1.29 is 9.21 Å². The lowest BCUT2D eigenvalue weighted by Crippen LogP contribution is -2.01. The Morgan fingerprint density at radius 2 is 2.43 bits per heavy atom. The molecule has 0 amide bonds. The van der Waals surface area contributed by atoms with E-state index in [2.05, 4.69) is 4.98 Å². The lowest BCUT2D eigenvalue weighted by Gasteiger charge is -1.97. The van der Waals surface area contributed by atoms with Gasteiger partial charge in [-0.1, -0.05) is 0 Å². The molecule has 0 saturated carbocycles. The average Bonchev–Trinajstić information content (AvgIpc) is 2.64. The van der Waals surface area contributed by atoms with Crippen molar-refractivity contribution in [3.05, 3.63) is 30.2 Å². The molecule has 1 aromatic carbocycles. The fourth-order valence-corrected chi connectivity index (χ4v) is 1.67. The summed E-state index contributed by atoms with van der Waals surface area (Å²) in [5.41, 5.74) is 2.13. The number of hydrogen-bond donors (Lipinski definition) is 0. The number of aromatic nitrogens is 1. The average molecular weight is 207 g/mol. The van der Waals surface area contributed by atoms with Crippen molar-refractivity contribution in [2.24, 2.45) is 0 Å². The molecule has 0 saturated heterocycles. The molecule has 14 heavy (non-hydrogen) atoms. The number of hydrogen-bond acceptors (Lipinski definition) is 4. The summed E-state index contributed by atoms with van der Waals surface area (Å²) in [4.78, 5) is 15.5. The molecule has 0 spiro atoms. The van der Waals surface area contributed by atoms with Crippen molar-refractivity contribution in [3.63, 3.8) is 0 Å². The quantitative estimate of drug-likeness (QED) is 0.725. The predicted octanol–water partition coefficient (Wildman–Crippen LogP) is 2.37. The Morgan fingerprint density at radius 3 is 3.21 bits per heavy atom. The maximum atomic E-state index is 11.5. The lowest BCUT2D eigenvalue weighted by molar-refractivity contribution is 0.102. The standard InChI is InChI=1S/C10H9NO2S/c1-14-5-9(12)7-2-3-8-10(4-7)13-6-11-8/h2-4,6H,5H2,1H3. The first-order valence-electron chi connectivity index (χ1n) is 4.16. The molecule has 2 aromatic rings. The van der Waals surface area contributed by atoms with E-state index >= 15 is 0 Å². The number of carbonyl (C=O) groups is 1. The second-order valence-corrected chi connectivity index (χ2v) is 3.76. The van der Waals surface area contributed by atoms with Crippen LogP contribution in [0.4, 0.5) is 0 Å². The van der Waals surface area contributed by atoms with Gasteiger partial charge in [0.1, 0.15) is 5.52 Å². The van der Waals surface area contributed by atoms with Crippen LogP contribution >= 0.6 is 11.8 Å². The van der Waals surface area contributed by atoms with Crippen molar-refractivity contribution in [1.29, 1.82) is 0 Å². The maximum absolute atomic E-state index is 11.5. The molecule has 0 aliphatic heterocycles. The van der Waals surface area contributed by atoms with Crippen LogP contribution in [0.15, 0.2) is 29.0 Å². The largest absolute Gasteiger partial charge is 0.443 e. The van der Waals surface area contributed by atoms with Gasteiger partial charge in [-0.3, -0.25) is 4.79 Å². The molecule has 0 unspecified atom stereocenters. The van der Waals surface area contributed by atoms with Gasteiger partial charge in [-0.25, -0.2) is 4.98 Å². The molecule has 0 aliphatic rings. The number of ketones is 1. The number of oxazole rings is 1. The molecule has 0 fully saturated rings. The SMILES string of the molecule is CSCC(=O)c1ccc2ncoc2c1. The van der Waals surface area contributed by atoms with E-state index in [1.807, 2.05) is 6.26 Å². The van der Waals surface area contributed by atoms with Crippen LogP contribution < -0.4 is 0 Å². The van der Waals surface area contributed by atoms with E-state index in [4.69, 9.17) is 4.42 Å². The third kappa shape index (κ3) is 1.65. The molecule has 3 nitrogen and oxygen atoms in total. The summed E-state index contributed by atoms with van der Waals surface area (Å²) in [5.74, 6) is 0.621. The van der Waals surface area contributed by atoms with Gasteiger partial charge in [-0.05, 0) is 24.5 Å². The van der Waals surface area contributed by atoms with Gasteiger partial charge in [0, 0.05) is 5.56 Å². The van der Waals surface area contributed by atoms with Gasteiger partial charge in [0.25, 0.3) is 0 Å². The van der Waals surface area contributed by atoms with Crippen molar-refractivity contribution in [2.45, 2.75) is 0 Å². The van der Waals surface area contributed by atoms with Gasteiger partial charge in [0.15, 0.2) is 17.8 Å². The first-order chi connectivity index (χ1) is 6.81. The molecule has 0 atom stereocenters. The zero-order valence-electron chi connectivity index (χ0n) is 7.69. The molecular weight excluding hydrogens is 198 g/mol. The molecule has 0 N–H and O–H groups in total. The minimum atomic E-state index is 0.121. The third-order valence-electron chi connectivity index (χ3n) is 1.93. The first kappa shape index (κ1) is 9.27. The minimum absolute atomic E-state index is 0.121. The molecule has 4 heteroatoms. The van der Waals surface area contributed by atoms with Crippen LogP contribution in [0.25, 0.3) is 11.1 Å². The van der Waals surface area contributed by atoms with E-state index in [0.29, 0.717) is 16.9 Å². The van der Waals surface area contributed by atoms with Crippen molar-refractivity contribution in [2.75, 3.05) is 12.0 Å². The zero-order chi connectivity index (χ0) is 9.97. The topological polar surface area (TPSA) is 43.1 Å². The summed E-state index contributed by atoms with van der Waals surface area (Å²) in [5, 5.41) is 0. The Labute approximate surface area is 85.5 Å². The first-order valence-corrected chi connectivity index (χ1v) is 5.56. The zero-order valence-corrected chi connectivity index (χ0v) is 8.50. The van der Waals surface area contributed by atoms with Crippen LogP contribution in [0.2, 0.25) is 0 Å². The molecule has 72 valence electrons. The molecule has 2 rings (SSSR count). The van der Waals surface area contributed by atoms with Crippen LogP contribution in [0.1, 0.15) is 10.4 Å². The van der Waals surface area contributed by atoms with E-state index in [1.54, 1.807) is 18.2 Å². The molecule has 1 heterocycles. The summed E-state index contributed by atoms with van der Waals surface area (Å²) in [7, 11) is 0. The molecule has 0 aliphatic carbocycles. The summed E-state index contributed by atoms with van der Waals surface area (Å²) in [6.45, 7) is 0. The number of nitrogens with zero attached hydrogens (tertiary/aromatic N) is 1. The molecular formula is C10H9NO2S. The van der Waals surface area contributed by atoms with Gasteiger partial charge in [0.05, 0.1) is 5.75 Å². The number of Topliss-reactive ketones (excluding diaryl/α,β-unsaturated/α-hetero) is 1. The molecule has 0 bridgehead atoms. The minimum Gasteiger partial charge on any atom is -0.443 e. The second-order valence-electron chi connectivity index (χ2n) is 2.89. The normalized spacial score (nSPS) is 10.6. The van der Waals surface area contributed by atoms with E-state index in [0.717, 1.165) is 5.52 Å². The highest BCUT2D eigenvalue weighted by molar-refractivity contribution is 7.99. The number of benzene rings is 1. The number of rotatable bonds is 3. The van der Waals surface area contributed by atoms with Crippen LogP contribution in [-0.2, 0) is 0 Å². The van der Waals surface area contributed by atoms with Gasteiger partial charge >= 0.3 is 0 Å². The van der Waals surface area contributed by atoms with Crippen LogP contribution in [0, 0.1) is 0 Å². The number of thioether (sulfide) groups is 1. The number of fused-ring (bicyclic) bond motifs is 1. The van der Waals surface area contributed by atoms with E-state index in [9.17, 15) is 4.79 Å². The fraction of sp³-hybridized carbons (Fsp3) is 0.200. The molecule has 0 radical (unpaired) electrons. The van der Waals surface area contributed by atoms with Crippen molar-refractivity contribution >= 4 is 28.6 Å². The predicted molar refractivity (Wildman–Crippen MR) is 56.7 cm³/mol. The maximum Gasteiger partial charge on any atom is 0.181 e. The Morgan fingerprint density at radius 1 is 1.57 bits per heavy atom. The monoisotopic (exact) mass is 207 g/mol. The summed E-state index contributed by atoms with van der Waals surface area (Å²) < 4.78 is 5.12. The summed E-state index contributed by atoms with van der Waals surface area (Å²) in [6, 6.07) is 5.32. The van der Waals surface area contributed by atoms with Gasteiger partial charge in [-0.15, -0.1) is 0 Å². The van der Waals surface area contributed by atoms with E-state index < -0.39 is 0 Å².